The average Bonchev–Trinajstić information content (AvgIpc) is 2.75. The monoisotopic (exact) mass is 410 g/mol. The van der Waals surface area contributed by atoms with E-state index >= 15 is 0 Å². The molecule has 2 aromatic rings. The largest absolute Gasteiger partial charge is 0.378 e. The molecule has 0 spiro atoms. The number of hydrogen-bond acceptors (Lipinski definition) is 3. The van der Waals surface area contributed by atoms with E-state index in [2.05, 4.69) is 72.7 Å². The summed E-state index contributed by atoms with van der Waals surface area (Å²) in [5.41, 5.74) is 4.62. The zero-order chi connectivity index (χ0) is 21.5. The third kappa shape index (κ3) is 6.31. The summed E-state index contributed by atoms with van der Waals surface area (Å²) in [7, 11) is 0. The van der Waals surface area contributed by atoms with Gasteiger partial charge in [0.1, 0.15) is 6.04 Å². The molecule has 0 saturated carbocycles. The first-order valence-electron chi connectivity index (χ1n) is 11.1. The fourth-order valence-electron chi connectivity index (χ4n) is 3.89. The van der Waals surface area contributed by atoms with Crippen LogP contribution >= 0.6 is 0 Å². The maximum atomic E-state index is 12.7. The van der Waals surface area contributed by atoms with Crippen molar-refractivity contribution in [3.05, 3.63) is 59.7 Å². The van der Waals surface area contributed by atoms with Crippen molar-refractivity contribution in [1.82, 2.24) is 0 Å². The van der Waals surface area contributed by atoms with Gasteiger partial charge in [0.15, 0.2) is 6.04 Å². The van der Waals surface area contributed by atoms with Crippen molar-refractivity contribution in [3.63, 3.8) is 0 Å². The fraction of sp³-hybridized carbons (Fsp3) is 0.480. The van der Waals surface area contributed by atoms with Gasteiger partial charge in [0.25, 0.3) is 5.91 Å². The van der Waals surface area contributed by atoms with Crippen LogP contribution in [-0.4, -0.2) is 38.3 Å². The van der Waals surface area contributed by atoms with Crippen LogP contribution in [0.1, 0.15) is 44.9 Å². The van der Waals surface area contributed by atoms with E-state index in [-0.39, 0.29) is 18.0 Å². The zero-order valence-electron chi connectivity index (χ0n) is 18.7. The minimum atomic E-state index is -0.172. The van der Waals surface area contributed by atoms with Gasteiger partial charge in [-0.05, 0) is 56.0 Å². The molecule has 0 aliphatic carbocycles. The van der Waals surface area contributed by atoms with Gasteiger partial charge in [0, 0.05) is 30.0 Å². The summed E-state index contributed by atoms with van der Waals surface area (Å²) >= 11 is 0. The fourth-order valence-corrected chi connectivity index (χ4v) is 3.89. The van der Waals surface area contributed by atoms with Crippen molar-refractivity contribution in [2.45, 2.75) is 46.2 Å². The number of quaternary nitrogens is 1. The molecule has 1 heterocycles. The van der Waals surface area contributed by atoms with Crippen LogP contribution < -0.4 is 15.5 Å². The first-order valence-corrected chi connectivity index (χ1v) is 11.1. The van der Waals surface area contributed by atoms with Gasteiger partial charge in [-0.3, -0.25) is 4.79 Å². The van der Waals surface area contributed by atoms with Crippen LogP contribution in [0, 0.1) is 5.92 Å². The van der Waals surface area contributed by atoms with Crippen LogP contribution in [0.5, 0.6) is 0 Å². The topological polar surface area (TPSA) is 58.2 Å². The predicted molar refractivity (Wildman–Crippen MR) is 123 cm³/mol. The molecule has 0 aromatic heterocycles. The Hall–Kier alpha value is -2.37. The first kappa shape index (κ1) is 22.3. The number of rotatable bonds is 8. The molecule has 162 valence electrons. The smallest absolute Gasteiger partial charge is 0.282 e. The number of amides is 1. The van der Waals surface area contributed by atoms with E-state index in [0.29, 0.717) is 5.92 Å². The molecule has 1 aliphatic rings. The average molecular weight is 411 g/mol. The van der Waals surface area contributed by atoms with Crippen LogP contribution in [0.15, 0.2) is 48.5 Å². The summed E-state index contributed by atoms with van der Waals surface area (Å²) in [6.07, 6.45) is 1.10. The molecule has 0 radical (unpaired) electrons. The number of carbonyl (C=O) groups is 1. The molecule has 0 bridgehead atoms. The van der Waals surface area contributed by atoms with Crippen LogP contribution in [-0.2, 0) is 16.0 Å². The highest BCUT2D eigenvalue weighted by Crippen LogP contribution is 2.19. The van der Waals surface area contributed by atoms with E-state index in [4.69, 9.17) is 4.74 Å². The maximum Gasteiger partial charge on any atom is 0.282 e. The molecule has 5 heteroatoms. The third-order valence-electron chi connectivity index (χ3n) is 5.65. The van der Waals surface area contributed by atoms with Gasteiger partial charge < -0.3 is 20.3 Å². The molecule has 1 aliphatic heterocycles. The second-order valence-electron chi connectivity index (χ2n) is 8.74. The summed E-state index contributed by atoms with van der Waals surface area (Å²) < 4.78 is 5.41. The zero-order valence-corrected chi connectivity index (χ0v) is 18.7. The lowest BCUT2D eigenvalue weighted by atomic mass is 9.99. The van der Waals surface area contributed by atoms with Gasteiger partial charge in [-0.2, -0.15) is 0 Å². The lowest BCUT2D eigenvalue weighted by Gasteiger charge is -2.29. The molecule has 1 fully saturated rings. The number of benzene rings is 2. The Kier molecular flexibility index (Phi) is 7.88. The van der Waals surface area contributed by atoms with Crippen LogP contribution in [0.3, 0.4) is 0 Å². The highest BCUT2D eigenvalue weighted by molar-refractivity contribution is 5.93. The summed E-state index contributed by atoms with van der Waals surface area (Å²) in [4.78, 5) is 15.0. The normalized spacial score (nSPS) is 16.4. The number of anilines is 2. The van der Waals surface area contributed by atoms with Crippen LogP contribution in [0.25, 0.3) is 0 Å². The van der Waals surface area contributed by atoms with E-state index < -0.39 is 0 Å². The number of morpholine rings is 1. The summed E-state index contributed by atoms with van der Waals surface area (Å²) in [6, 6.07) is 16.9. The number of nitrogens with zero attached hydrogens (tertiary/aromatic N) is 1. The van der Waals surface area contributed by atoms with Gasteiger partial charge in [0.2, 0.25) is 0 Å². The molecule has 2 aromatic carbocycles. The van der Waals surface area contributed by atoms with Gasteiger partial charge in [-0.15, -0.1) is 0 Å². The van der Waals surface area contributed by atoms with Gasteiger partial charge in [-0.25, -0.2) is 0 Å². The summed E-state index contributed by atoms with van der Waals surface area (Å²) in [6.45, 7) is 11.9. The van der Waals surface area contributed by atoms with Crippen LogP contribution in [0.4, 0.5) is 11.4 Å². The van der Waals surface area contributed by atoms with Crippen molar-refractivity contribution in [2.24, 2.45) is 5.92 Å². The molecule has 2 atom stereocenters. The third-order valence-corrected chi connectivity index (χ3v) is 5.65. The van der Waals surface area contributed by atoms with Crippen LogP contribution in [0.2, 0.25) is 0 Å². The standard InChI is InChI=1S/C25H35N3O2/c1-18(2)17-21-5-7-22(8-6-21)19(3)26-20(4)25(29)27-23-9-11-24(12-10-23)28-13-15-30-16-14-28/h5-12,18-20,26H,13-17H2,1-4H3,(H,27,29)/p+1/t19-,20+/m0/s1. The SMILES string of the molecule is CC(C)Cc1ccc([C@H](C)[NH2+][C@H](C)C(=O)Nc2ccc(N3CCOCC3)cc2)cc1. The summed E-state index contributed by atoms with van der Waals surface area (Å²) in [5, 5.41) is 5.17. The Morgan fingerprint density at radius 1 is 1.00 bits per heavy atom. The summed E-state index contributed by atoms with van der Waals surface area (Å²) in [5.74, 6) is 0.684. The van der Waals surface area contributed by atoms with Crippen molar-refractivity contribution < 1.29 is 14.8 Å². The van der Waals surface area contributed by atoms with E-state index in [0.717, 1.165) is 38.4 Å². The molecule has 1 amide bonds. The Morgan fingerprint density at radius 3 is 2.23 bits per heavy atom. The molecule has 1 saturated heterocycles. The molecule has 5 nitrogen and oxygen atoms in total. The molecule has 3 N–H and O–H groups in total. The Bertz CT molecular complexity index is 796. The molecular weight excluding hydrogens is 374 g/mol. The van der Waals surface area contributed by atoms with E-state index in [1.54, 1.807) is 0 Å². The molecule has 3 rings (SSSR count). The van der Waals surface area contributed by atoms with E-state index in [1.807, 2.05) is 19.1 Å². The first-order chi connectivity index (χ1) is 14.4. The highest BCUT2D eigenvalue weighted by atomic mass is 16.5. The number of ether oxygens (including phenoxy) is 1. The van der Waals surface area contributed by atoms with E-state index in [9.17, 15) is 4.79 Å². The second kappa shape index (κ2) is 10.6. The molecular formula is C25H36N3O2+. The lowest BCUT2D eigenvalue weighted by Crippen LogP contribution is -2.91. The van der Waals surface area contributed by atoms with Gasteiger partial charge in [0.05, 0.1) is 13.2 Å². The predicted octanol–water partition coefficient (Wildman–Crippen LogP) is 3.37. The van der Waals surface area contributed by atoms with Crippen molar-refractivity contribution in [3.8, 4) is 0 Å². The van der Waals surface area contributed by atoms with E-state index in [1.165, 1.54) is 16.8 Å². The van der Waals surface area contributed by atoms with Crippen molar-refractivity contribution in [2.75, 3.05) is 36.5 Å². The quantitative estimate of drug-likeness (QED) is 0.701. The Balaban J connectivity index is 1.51. The minimum absolute atomic E-state index is 0.0254. The van der Waals surface area contributed by atoms with Crippen molar-refractivity contribution >= 4 is 17.3 Å². The Labute approximate surface area is 180 Å². The van der Waals surface area contributed by atoms with Crippen molar-refractivity contribution in [1.29, 1.82) is 0 Å². The molecule has 30 heavy (non-hydrogen) atoms. The number of nitrogens with two attached hydrogens (primary N) is 1. The lowest BCUT2D eigenvalue weighted by molar-refractivity contribution is -0.709. The number of carbonyl (C=O) groups excluding carboxylic acids is 1. The number of hydrogen-bond donors (Lipinski definition) is 2. The maximum absolute atomic E-state index is 12.7. The molecule has 0 unspecified atom stereocenters. The van der Waals surface area contributed by atoms with Gasteiger partial charge in [-0.1, -0.05) is 38.1 Å². The number of nitrogens with one attached hydrogen (secondary N) is 1. The highest BCUT2D eigenvalue weighted by Gasteiger charge is 2.20. The minimum Gasteiger partial charge on any atom is -0.378 e. The second-order valence-corrected chi connectivity index (χ2v) is 8.74. The Morgan fingerprint density at radius 2 is 1.63 bits per heavy atom. The van der Waals surface area contributed by atoms with Gasteiger partial charge >= 0.3 is 0 Å².